The maximum absolute atomic E-state index is 14.8. The summed E-state index contributed by atoms with van der Waals surface area (Å²) in [4.78, 5) is 12.8. The van der Waals surface area contributed by atoms with Crippen molar-refractivity contribution in [2.75, 3.05) is 5.32 Å². The molecule has 1 atom stereocenters. The van der Waals surface area contributed by atoms with Crippen LogP contribution in [0.2, 0.25) is 0 Å². The molecule has 0 heterocycles. The van der Waals surface area contributed by atoms with Crippen molar-refractivity contribution in [1.82, 2.24) is 0 Å². The minimum atomic E-state index is -0.786. The van der Waals surface area contributed by atoms with Crippen molar-refractivity contribution in [2.24, 2.45) is 0 Å². The normalized spacial score (nSPS) is 12.0. The van der Waals surface area contributed by atoms with E-state index in [4.69, 9.17) is 4.74 Å². The molecule has 0 aliphatic carbocycles. The van der Waals surface area contributed by atoms with Crippen LogP contribution in [0.15, 0.2) is 176 Å². The quantitative estimate of drug-likeness (QED) is 0.118. The summed E-state index contributed by atoms with van der Waals surface area (Å²) < 4.78 is 20.5. The van der Waals surface area contributed by atoms with Crippen LogP contribution < -0.4 is 10.1 Å². The zero-order valence-electron chi connectivity index (χ0n) is 25.5. The zero-order chi connectivity index (χ0) is 31.8. The van der Waals surface area contributed by atoms with E-state index in [9.17, 15) is 9.18 Å². The zero-order valence-corrected chi connectivity index (χ0v) is 25.5. The lowest BCUT2D eigenvalue weighted by Crippen LogP contribution is -2.30. The number of ketones is 1. The third kappa shape index (κ3) is 6.38. The Bertz CT molecular complexity index is 1810. The van der Waals surface area contributed by atoms with Gasteiger partial charge in [-0.2, -0.15) is 0 Å². The Balaban J connectivity index is 1.19. The molecule has 0 aliphatic heterocycles. The lowest BCUT2D eigenvalue weighted by molar-refractivity contribution is -0.120. The fourth-order valence-electron chi connectivity index (χ4n) is 5.92. The van der Waals surface area contributed by atoms with E-state index >= 15 is 0 Å². The topological polar surface area (TPSA) is 38.3 Å². The van der Waals surface area contributed by atoms with Gasteiger partial charge in [-0.05, 0) is 59.0 Å². The molecule has 0 amide bonds. The monoisotopic (exact) mass is 603 g/mol. The summed E-state index contributed by atoms with van der Waals surface area (Å²) in [7, 11) is 0. The molecule has 6 aromatic rings. The number of rotatable bonds is 11. The summed E-state index contributed by atoms with van der Waals surface area (Å²) in [6.45, 7) is 1.65. The van der Waals surface area contributed by atoms with Crippen LogP contribution in [0, 0.1) is 5.82 Å². The van der Waals surface area contributed by atoms with Gasteiger partial charge in [0.1, 0.15) is 11.6 Å². The largest absolute Gasteiger partial charge is 0.482 e. The molecule has 1 N–H and O–H groups in total. The van der Waals surface area contributed by atoms with Gasteiger partial charge in [0.25, 0.3) is 0 Å². The molecule has 0 aliphatic rings. The number of ether oxygens (including phenoxy) is 1. The van der Waals surface area contributed by atoms with Gasteiger partial charge in [-0.15, -0.1) is 0 Å². The van der Waals surface area contributed by atoms with Gasteiger partial charge in [0.15, 0.2) is 11.9 Å². The summed E-state index contributed by atoms with van der Waals surface area (Å²) in [5.41, 5.74) is 6.20. The van der Waals surface area contributed by atoms with Gasteiger partial charge in [-0.25, -0.2) is 4.39 Å². The fraction of sp³-hybridized carbons (Fsp3) is 0.0714. The van der Waals surface area contributed by atoms with Gasteiger partial charge in [0.05, 0.1) is 5.41 Å². The smallest absolute Gasteiger partial charge is 0.197 e. The first-order valence-electron chi connectivity index (χ1n) is 15.3. The first-order chi connectivity index (χ1) is 22.6. The van der Waals surface area contributed by atoms with Crippen molar-refractivity contribution in [1.29, 1.82) is 0 Å². The molecule has 0 fully saturated rings. The molecule has 6 aromatic carbocycles. The lowest BCUT2D eigenvalue weighted by Gasteiger charge is -2.37. The van der Waals surface area contributed by atoms with Gasteiger partial charge in [0.2, 0.25) is 0 Å². The predicted octanol–water partition coefficient (Wildman–Crippen LogP) is 9.84. The summed E-state index contributed by atoms with van der Waals surface area (Å²) >= 11 is 0. The van der Waals surface area contributed by atoms with E-state index in [-0.39, 0.29) is 5.78 Å². The minimum Gasteiger partial charge on any atom is -0.482 e. The average Bonchev–Trinajstić information content (AvgIpc) is 3.11. The molecule has 3 nitrogen and oxygen atoms in total. The Kier molecular flexibility index (Phi) is 9.17. The van der Waals surface area contributed by atoms with Gasteiger partial charge in [-0.1, -0.05) is 133 Å². The van der Waals surface area contributed by atoms with E-state index in [0.717, 1.165) is 16.8 Å². The van der Waals surface area contributed by atoms with Crippen molar-refractivity contribution in [2.45, 2.75) is 18.4 Å². The molecular formula is C42H34FNO2. The Morgan fingerprint density at radius 3 is 1.63 bits per heavy atom. The van der Waals surface area contributed by atoms with E-state index in [1.54, 1.807) is 25.3 Å². The minimum absolute atomic E-state index is 0.243. The molecule has 0 radical (unpaired) electrons. The summed E-state index contributed by atoms with van der Waals surface area (Å²) in [5, 5.41) is 3.21. The van der Waals surface area contributed by atoms with Crippen LogP contribution in [0.5, 0.6) is 5.75 Å². The number of benzene rings is 6. The molecule has 6 rings (SSSR count). The fourth-order valence-corrected chi connectivity index (χ4v) is 5.92. The molecule has 0 spiro atoms. The Hall–Kier alpha value is -5.74. The molecule has 0 saturated carbocycles. The Morgan fingerprint density at radius 2 is 1.13 bits per heavy atom. The van der Waals surface area contributed by atoms with Crippen LogP contribution in [-0.4, -0.2) is 11.9 Å². The Labute approximate surface area is 269 Å². The average molecular weight is 604 g/mol. The number of anilines is 1. The summed E-state index contributed by atoms with van der Waals surface area (Å²) in [6.07, 6.45) is 2.26. The Morgan fingerprint density at radius 1 is 0.652 bits per heavy atom. The number of carbonyl (C=O) groups is 1. The van der Waals surface area contributed by atoms with Crippen molar-refractivity contribution < 1.29 is 13.9 Å². The van der Waals surface area contributed by atoms with E-state index in [1.807, 2.05) is 60.7 Å². The number of halogens is 1. The first kappa shape index (κ1) is 30.3. The summed E-state index contributed by atoms with van der Waals surface area (Å²) in [6, 6.07) is 53.9. The highest BCUT2D eigenvalue weighted by molar-refractivity contribution is 5.93. The predicted molar refractivity (Wildman–Crippen MR) is 184 cm³/mol. The molecule has 4 heteroatoms. The highest BCUT2D eigenvalue weighted by Gasteiger charge is 2.38. The molecule has 0 saturated heterocycles. The molecule has 0 aromatic heterocycles. The standard InChI is InChI=1S/C42H34FNO2/c1-31(46-38-26-27-39(40(43)30-38)32-14-6-2-7-15-32)41(45)28-29-44-37-24-22-36(23-25-37)42(33-16-8-3-9-17-33,34-18-10-4-11-19-34)35-20-12-5-13-21-35/h2-31,44H,1H3/b29-28+. The lowest BCUT2D eigenvalue weighted by atomic mass is 9.65. The van der Waals surface area contributed by atoms with Crippen molar-refractivity contribution in [3.8, 4) is 16.9 Å². The van der Waals surface area contributed by atoms with E-state index in [2.05, 4.69) is 90.2 Å². The second-order valence-corrected chi connectivity index (χ2v) is 11.1. The third-order valence-corrected chi connectivity index (χ3v) is 8.17. The van der Waals surface area contributed by atoms with Crippen LogP contribution in [0.1, 0.15) is 29.2 Å². The highest BCUT2D eigenvalue weighted by Crippen LogP contribution is 2.45. The van der Waals surface area contributed by atoms with E-state index in [1.165, 1.54) is 28.8 Å². The van der Waals surface area contributed by atoms with Crippen molar-refractivity contribution >= 4 is 11.5 Å². The van der Waals surface area contributed by atoms with Crippen LogP contribution >= 0.6 is 0 Å². The molecule has 1 unspecified atom stereocenters. The number of hydrogen-bond donors (Lipinski definition) is 1. The summed E-state index contributed by atoms with van der Waals surface area (Å²) in [5.74, 6) is -0.346. The van der Waals surface area contributed by atoms with Crippen LogP contribution in [0.3, 0.4) is 0 Å². The highest BCUT2D eigenvalue weighted by atomic mass is 19.1. The number of carbonyl (C=O) groups excluding carboxylic acids is 1. The van der Waals surface area contributed by atoms with Crippen LogP contribution in [0.25, 0.3) is 11.1 Å². The van der Waals surface area contributed by atoms with Gasteiger partial charge >= 0.3 is 0 Å². The SMILES string of the molecule is CC(Oc1ccc(-c2ccccc2)c(F)c1)C(=O)/C=C/Nc1ccc(C(c2ccccc2)(c2ccccc2)c2ccccc2)cc1. The van der Waals surface area contributed by atoms with E-state index < -0.39 is 17.3 Å². The third-order valence-electron chi connectivity index (χ3n) is 8.17. The second kappa shape index (κ2) is 13.9. The molecule has 46 heavy (non-hydrogen) atoms. The maximum Gasteiger partial charge on any atom is 0.197 e. The first-order valence-corrected chi connectivity index (χ1v) is 15.3. The number of hydrogen-bond acceptors (Lipinski definition) is 3. The van der Waals surface area contributed by atoms with Crippen molar-refractivity contribution in [3.63, 3.8) is 0 Å². The van der Waals surface area contributed by atoms with E-state index in [0.29, 0.717) is 11.3 Å². The number of nitrogens with one attached hydrogen (secondary N) is 1. The van der Waals surface area contributed by atoms with Gasteiger partial charge < -0.3 is 10.1 Å². The van der Waals surface area contributed by atoms with Crippen LogP contribution in [-0.2, 0) is 10.2 Å². The van der Waals surface area contributed by atoms with Gasteiger partial charge in [-0.3, -0.25) is 4.79 Å². The maximum atomic E-state index is 14.8. The molecule has 226 valence electrons. The second-order valence-electron chi connectivity index (χ2n) is 11.1. The van der Waals surface area contributed by atoms with Crippen LogP contribution in [0.4, 0.5) is 10.1 Å². The molecular weight excluding hydrogens is 569 g/mol. The van der Waals surface area contributed by atoms with Crippen molar-refractivity contribution in [3.05, 3.63) is 204 Å². The molecule has 0 bridgehead atoms. The van der Waals surface area contributed by atoms with Gasteiger partial charge in [0, 0.05) is 29.6 Å².